The van der Waals surface area contributed by atoms with Crippen LogP contribution in [0.1, 0.15) is 30.4 Å². The molecule has 0 aromatic heterocycles. The van der Waals surface area contributed by atoms with Crippen LogP contribution in [0.15, 0.2) is 48.5 Å². The molecule has 0 N–H and O–H groups in total. The second-order valence-corrected chi connectivity index (χ2v) is 4.79. The van der Waals surface area contributed by atoms with Crippen molar-refractivity contribution in [3.8, 4) is 11.5 Å². The van der Waals surface area contributed by atoms with Crippen LogP contribution in [-0.2, 0) is 0 Å². The summed E-state index contributed by atoms with van der Waals surface area (Å²) in [6.45, 7) is 3.57. The van der Waals surface area contributed by atoms with Crippen molar-refractivity contribution in [3.05, 3.63) is 59.7 Å². The fourth-order valence-corrected chi connectivity index (χ4v) is 2.54. The maximum atomic E-state index is 5.87. The number of rotatable bonds is 4. The van der Waals surface area contributed by atoms with Gasteiger partial charge in [-0.05, 0) is 24.1 Å². The van der Waals surface area contributed by atoms with E-state index >= 15 is 0 Å². The molecular weight excluding hydrogens is 236 g/mol. The van der Waals surface area contributed by atoms with Gasteiger partial charge in [0.1, 0.15) is 11.5 Å². The third-order valence-corrected chi connectivity index (χ3v) is 3.44. The van der Waals surface area contributed by atoms with Crippen molar-refractivity contribution in [1.29, 1.82) is 0 Å². The van der Waals surface area contributed by atoms with E-state index in [-0.39, 0.29) is 5.92 Å². The van der Waals surface area contributed by atoms with Crippen molar-refractivity contribution in [3.63, 3.8) is 0 Å². The summed E-state index contributed by atoms with van der Waals surface area (Å²) in [6, 6.07) is 16.6. The van der Waals surface area contributed by atoms with E-state index < -0.39 is 0 Å². The molecule has 98 valence electrons. The zero-order valence-corrected chi connectivity index (χ0v) is 11.1. The van der Waals surface area contributed by atoms with Gasteiger partial charge in [0.25, 0.3) is 0 Å². The fourth-order valence-electron chi connectivity index (χ4n) is 2.54. The minimum atomic E-state index is 0.282. The van der Waals surface area contributed by atoms with Gasteiger partial charge in [0.15, 0.2) is 0 Å². The van der Waals surface area contributed by atoms with Crippen LogP contribution in [0.2, 0.25) is 0 Å². The highest BCUT2D eigenvalue weighted by Crippen LogP contribution is 2.43. The van der Waals surface area contributed by atoms with E-state index in [4.69, 9.17) is 9.47 Å². The molecule has 0 bridgehead atoms. The lowest BCUT2D eigenvalue weighted by Crippen LogP contribution is -2.04. The van der Waals surface area contributed by atoms with Crippen LogP contribution in [0.25, 0.3) is 0 Å². The molecule has 1 aliphatic rings. The van der Waals surface area contributed by atoms with Gasteiger partial charge in [-0.1, -0.05) is 43.3 Å². The highest BCUT2D eigenvalue weighted by molar-refractivity contribution is 5.53. The lowest BCUT2D eigenvalue weighted by atomic mass is 9.92. The summed E-state index contributed by atoms with van der Waals surface area (Å²) in [5, 5.41) is 0. The Morgan fingerprint density at radius 1 is 1.11 bits per heavy atom. The number of ether oxygens (including phenoxy) is 2. The molecule has 2 aromatic carbocycles. The van der Waals surface area contributed by atoms with Crippen molar-refractivity contribution in [2.24, 2.45) is 0 Å². The van der Waals surface area contributed by atoms with E-state index in [2.05, 4.69) is 31.2 Å². The Kier molecular flexibility index (Phi) is 3.41. The Morgan fingerprint density at radius 2 is 1.95 bits per heavy atom. The predicted octanol–water partition coefficient (Wildman–Crippen LogP) is 4.00. The summed E-state index contributed by atoms with van der Waals surface area (Å²) in [6.07, 6.45) is 1.01. The van der Waals surface area contributed by atoms with E-state index in [1.165, 1.54) is 11.1 Å². The van der Waals surface area contributed by atoms with Gasteiger partial charge in [0, 0.05) is 5.56 Å². The zero-order valence-electron chi connectivity index (χ0n) is 11.1. The molecule has 1 unspecified atom stereocenters. The molecule has 0 saturated heterocycles. The normalized spacial score (nSPS) is 16.8. The highest BCUT2D eigenvalue weighted by atomic mass is 16.5. The van der Waals surface area contributed by atoms with Crippen LogP contribution in [0.5, 0.6) is 11.5 Å². The molecule has 1 atom stereocenters. The molecule has 2 heteroatoms. The predicted molar refractivity (Wildman–Crippen MR) is 76.0 cm³/mol. The Morgan fingerprint density at radius 3 is 2.74 bits per heavy atom. The average molecular weight is 254 g/mol. The molecule has 0 amide bonds. The van der Waals surface area contributed by atoms with Gasteiger partial charge in [0.2, 0.25) is 0 Å². The Bertz CT molecular complexity index is 548. The minimum absolute atomic E-state index is 0.282. The molecule has 1 aliphatic heterocycles. The summed E-state index contributed by atoms with van der Waals surface area (Å²) in [7, 11) is 0. The van der Waals surface area contributed by atoms with Crippen molar-refractivity contribution in [1.82, 2.24) is 0 Å². The number of hydrogen-bond donors (Lipinski definition) is 0. The average Bonchev–Trinajstić information content (AvgIpc) is 2.90. The lowest BCUT2D eigenvalue weighted by molar-refractivity contribution is 0.314. The first-order chi connectivity index (χ1) is 9.40. The first kappa shape index (κ1) is 12.1. The van der Waals surface area contributed by atoms with Gasteiger partial charge in [-0.3, -0.25) is 0 Å². The molecule has 0 fully saturated rings. The minimum Gasteiger partial charge on any atom is -0.493 e. The van der Waals surface area contributed by atoms with Crippen molar-refractivity contribution in [2.75, 3.05) is 13.2 Å². The smallest absolute Gasteiger partial charge is 0.126 e. The SMILES string of the molecule is CCCOc1cccc2c1C(c1ccccc1)CO2. The quantitative estimate of drug-likeness (QED) is 0.821. The van der Waals surface area contributed by atoms with Crippen LogP contribution < -0.4 is 9.47 Å². The molecule has 2 aromatic rings. The van der Waals surface area contributed by atoms with Crippen molar-refractivity contribution < 1.29 is 9.47 Å². The summed E-state index contributed by atoms with van der Waals surface area (Å²) in [4.78, 5) is 0. The summed E-state index contributed by atoms with van der Waals surface area (Å²) in [5.74, 6) is 2.21. The van der Waals surface area contributed by atoms with Gasteiger partial charge >= 0.3 is 0 Å². The van der Waals surface area contributed by atoms with Crippen LogP contribution in [0, 0.1) is 0 Å². The first-order valence-electron chi connectivity index (χ1n) is 6.83. The van der Waals surface area contributed by atoms with Gasteiger partial charge in [-0.2, -0.15) is 0 Å². The maximum Gasteiger partial charge on any atom is 0.126 e. The van der Waals surface area contributed by atoms with Crippen LogP contribution in [0.3, 0.4) is 0 Å². The summed E-state index contributed by atoms with van der Waals surface area (Å²) < 4.78 is 11.7. The summed E-state index contributed by atoms with van der Waals surface area (Å²) >= 11 is 0. The standard InChI is InChI=1S/C17H18O2/c1-2-11-18-15-9-6-10-16-17(15)14(12-19-16)13-7-4-3-5-8-13/h3-10,14H,2,11-12H2,1H3. The molecule has 0 saturated carbocycles. The third-order valence-electron chi connectivity index (χ3n) is 3.44. The highest BCUT2D eigenvalue weighted by Gasteiger charge is 2.29. The van der Waals surface area contributed by atoms with Crippen molar-refractivity contribution >= 4 is 0 Å². The topological polar surface area (TPSA) is 18.5 Å². The lowest BCUT2D eigenvalue weighted by Gasteiger charge is -2.14. The molecule has 2 nitrogen and oxygen atoms in total. The molecule has 0 radical (unpaired) electrons. The largest absolute Gasteiger partial charge is 0.493 e. The molecule has 3 rings (SSSR count). The van der Waals surface area contributed by atoms with Gasteiger partial charge in [-0.15, -0.1) is 0 Å². The molecule has 19 heavy (non-hydrogen) atoms. The summed E-state index contributed by atoms with van der Waals surface area (Å²) in [5.41, 5.74) is 2.48. The van der Waals surface area contributed by atoms with Crippen molar-refractivity contribution in [2.45, 2.75) is 19.3 Å². The number of hydrogen-bond acceptors (Lipinski definition) is 2. The van der Waals surface area contributed by atoms with Gasteiger partial charge in [-0.25, -0.2) is 0 Å². The van der Waals surface area contributed by atoms with E-state index in [1.54, 1.807) is 0 Å². The van der Waals surface area contributed by atoms with E-state index in [0.29, 0.717) is 6.61 Å². The monoisotopic (exact) mass is 254 g/mol. The van der Waals surface area contributed by atoms with Gasteiger partial charge in [0.05, 0.1) is 19.1 Å². The van der Waals surface area contributed by atoms with Crippen LogP contribution in [-0.4, -0.2) is 13.2 Å². The van der Waals surface area contributed by atoms with E-state index in [9.17, 15) is 0 Å². The molecule has 0 aliphatic carbocycles. The number of fused-ring (bicyclic) bond motifs is 1. The van der Waals surface area contributed by atoms with Crippen LogP contribution in [0.4, 0.5) is 0 Å². The zero-order chi connectivity index (χ0) is 13.1. The van der Waals surface area contributed by atoms with E-state index in [0.717, 1.165) is 24.5 Å². The Labute approximate surface area is 114 Å². The third kappa shape index (κ3) is 2.30. The second kappa shape index (κ2) is 5.35. The Hall–Kier alpha value is -1.96. The van der Waals surface area contributed by atoms with E-state index in [1.807, 2.05) is 24.3 Å². The molecule has 0 spiro atoms. The fraction of sp³-hybridized carbons (Fsp3) is 0.294. The second-order valence-electron chi connectivity index (χ2n) is 4.79. The maximum absolute atomic E-state index is 5.87. The Balaban J connectivity index is 1.98. The molecular formula is C17H18O2. The number of benzene rings is 2. The first-order valence-corrected chi connectivity index (χ1v) is 6.83. The van der Waals surface area contributed by atoms with Crippen LogP contribution >= 0.6 is 0 Å². The molecule has 1 heterocycles. The van der Waals surface area contributed by atoms with Gasteiger partial charge < -0.3 is 9.47 Å².